The van der Waals surface area contributed by atoms with Crippen molar-refractivity contribution in [2.75, 3.05) is 20.7 Å². The van der Waals surface area contributed by atoms with Gasteiger partial charge in [0, 0.05) is 38.2 Å². The molecule has 0 saturated carbocycles. The summed E-state index contributed by atoms with van der Waals surface area (Å²) in [6.45, 7) is 1.72. The monoisotopic (exact) mass is 354 g/mol. The predicted molar refractivity (Wildman–Crippen MR) is 96.3 cm³/mol. The van der Waals surface area contributed by atoms with Crippen molar-refractivity contribution < 1.29 is 19.1 Å². The Morgan fingerprint density at radius 2 is 2.00 bits per heavy atom. The minimum absolute atomic E-state index is 0.215. The van der Waals surface area contributed by atoms with Crippen LogP contribution in [0.3, 0.4) is 0 Å². The van der Waals surface area contributed by atoms with Crippen LogP contribution < -0.4 is 4.74 Å². The molecule has 2 heterocycles. The first-order chi connectivity index (χ1) is 12.4. The largest absolute Gasteiger partial charge is 0.456 e. The van der Waals surface area contributed by atoms with E-state index in [2.05, 4.69) is 11.1 Å². The van der Waals surface area contributed by atoms with Gasteiger partial charge in [-0.05, 0) is 36.6 Å². The van der Waals surface area contributed by atoms with Crippen LogP contribution in [-0.2, 0) is 27.2 Å². The molecule has 26 heavy (non-hydrogen) atoms. The highest BCUT2D eigenvalue weighted by Crippen LogP contribution is 2.35. The van der Waals surface area contributed by atoms with Crippen molar-refractivity contribution in [3.63, 3.8) is 0 Å². The van der Waals surface area contributed by atoms with Crippen LogP contribution in [0, 0.1) is 6.92 Å². The zero-order chi connectivity index (χ0) is 18.7. The summed E-state index contributed by atoms with van der Waals surface area (Å²) in [6.07, 6.45) is 1.55. The number of hydrogen-bond acceptors (Lipinski definition) is 5. The normalized spacial score (nSPS) is 11.8. The van der Waals surface area contributed by atoms with Crippen molar-refractivity contribution in [2.24, 2.45) is 0 Å². The molecule has 0 unspecified atom stereocenters. The molecule has 0 aliphatic carbocycles. The number of amides is 1. The third-order valence-corrected chi connectivity index (χ3v) is 4.26. The lowest BCUT2D eigenvalue weighted by Gasteiger charge is -2.20. The predicted octanol–water partition coefficient (Wildman–Crippen LogP) is 2.65. The number of carbonyl (C=O) groups is 2. The molecule has 6 heteroatoms. The third kappa shape index (κ3) is 4.20. The van der Waals surface area contributed by atoms with Crippen LogP contribution in [0.25, 0.3) is 0 Å². The number of rotatable bonds is 5. The molecule has 1 aliphatic heterocycles. The number of aromatic nitrogens is 1. The van der Waals surface area contributed by atoms with Crippen molar-refractivity contribution in [1.29, 1.82) is 0 Å². The van der Waals surface area contributed by atoms with Crippen molar-refractivity contribution in [3.05, 3.63) is 52.7 Å². The van der Waals surface area contributed by atoms with Crippen molar-refractivity contribution >= 4 is 11.9 Å². The molecule has 0 atom stereocenters. The summed E-state index contributed by atoms with van der Waals surface area (Å²) in [5.41, 5.74) is 4.10. The maximum Gasteiger partial charge on any atom is 0.306 e. The van der Waals surface area contributed by atoms with Crippen LogP contribution in [0.5, 0.6) is 11.6 Å². The van der Waals surface area contributed by atoms with E-state index in [9.17, 15) is 9.59 Å². The highest BCUT2D eigenvalue weighted by atomic mass is 16.5. The number of aryl methyl sites for hydroxylation is 2. The van der Waals surface area contributed by atoms with E-state index < -0.39 is 0 Å². The summed E-state index contributed by atoms with van der Waals surface area (Å²) >= 11 is 0. The molecule has 1 aromatic carbocycles. The van der Waals surface area contributed by atoms with Crippen molar-refractivity contribution in [2.45, 2.75) is 26.2 Å². The molecule has 1 aliphatic rings. The smallest absolute Gasteiger partial charge is 0.306 e. The van der Waals surface area contributed by atoms with Gasteiger partial charge >= 0.3 is 5.97 Å². The van der Waals surface area contributed by atoms with Crippen LogP contribution in [0.1, 0.15) is 28.8 Å². The number of ether oxygens (including phenoxy) is 2. The lowest BCUT2D eigenvalue weighted by atomic mass is 9.98. The second kappa shape index (κ2) is 7.56. The first-order valence-electron chi connectivity index (χ1n) is 8.54. The lowest BCUT2D eigenvalue weighted by Crippen LogP contribution is -2.27. The van der Waals surface area contributed by atoms with E-state index in [0.717, 1.165) is 34.6 Å². The molecule has 3 rings (SSSR count). The number of hydrogen-bond donors (Lipinski definition) is 0. The standard InChI is InChI=1S/C20H22N2O4/c1-13-4-7-15-11-16-10-14(5-8-17(16)26-20(15)21-13)6-9-19(24)25-12-18(23)22(2)3/h4-5,7-8,10H,6,9,11-12H2,1-3H3. The van der Waals surface area contributed by atoms with Gasteiger partial charge in [-0.2, -0.15) is 0 Å². The fraction of sp³-hybridized carbons (Fsp3) is 0.350. The molecule has 0 N–H and O–H groups in total. The van der Waals surface area contributed by atoms with E-state index in [1.807, 2.05) is 31.2 Å². The van der Waals surface area contributed by atoms with E-state index in [-0.39, 0.29) is 24.9 Å². The number of esters is 1. The van der Waals surface area contributed by atoms with Gasteiger partial charge in [0.25, 0.3) is 5.91 Å². The van der Waals surface area contributed by atoms with Gasteiger partial charge < -0.3 is 14.4 Å². The third-order valence-electron chi connectivity index (χ3n) is 4.26. The number of benzene rings is 1. The molecule has 0 saturated heterocycles. The summed E-state index contributed by atoms with van der Waals surface area (Å²) in [6, 6.07) is 9.92. The van der Waals surface area contributed by atoms with Gasteiger partial charge in [-0.1, -0.05) is 18.2 Å². The Hall–Kier alpha value is -2.89. The molecule has 2 aromatic rings. The Morgan fingerprint density at radius 3 is 2.77 bits per heavy atom. The number of pyridine rings is 1. The first kappa shape index (κ1) is 17.9. The van der Waals surface area contributed by atoms with Gasteiger partial charge in [0.15, 0.2) is 6.61 Å². The molecule has 1 amide bonds. The summed E-state index contributed by atoms with van der Waals surface area (Å²) in [4.78, 5) is 29.1. The maximum atomic E-state index is 11.8. The minimum Gasteiger partial charge on any atom is -0.456 e. The molecule has 0 fully saturated rings. The summed E-state index contributed by atoms with van der Waals surface area (Å²) in [7, 11) is 3.25. The van der Waals surface area contributed by atoms with Crippen LogP contribution >= 0.6 is 0 Å². The van der Waals surface area contributed by atoms with Gasteiger partial charge in [0.1, 0.15) is 5.75 Å². The first-order valence-corrected chi connectivity index (χ1v) is 8.54. The maximum absolute atomic E-state index is 11.8. The van der Waals surface area contributed by atoms with Gasteiger partial charge in [-0.25, -0.2) is 4.98 Å². The second-order valence-corrected chi connectivity index (χ2v) is 6.59. The Kier molecular flexibility index (Phi) is 5.21. The van der Waals surface area contributed by atoms with E-state index >= 15 is 0 Å². The zero-order valence-electron chi connectivity index (χ0n) is 15.2. The average Bonchev–Trinajstić information content (AvgIpc) is 2.62. The van der Waals surface area contributed by atoms with Crippen LogP contribution in [0.2, 0.25) is 0 Å². The van der Waals surface area contributed by atoms with Crippen molar-refractivity contribution in [1.82, 2.24) is 9.88 Å². The Balaban J connectivity index is 1.58. The van der Waals surface area contributed by atoms with Crippen LogP contribution in [-0.4, -0.2) is 42.5 Å². The molecule has 0 radical (unpaired) electrons. The van der Waals surface area contributed by atoms with Gasteiger partial charge in [-0.15, -0.1) is 0 Å². The molecule has 136 valence electrons. The fourth-order valence-electron chi connectivity index (χ4n) is 2.71. The zero-order valence-corrected chi connectivity index (χ0v) is 15.2. The van der Waals surface area contributed by atoms with Gasteiger partial charge in [0.05, 0.1) is 0 Å². The second-order valence-electron chi connectivity index (χ2n) is 6.59. The molecular formula is C20H22N2O4. The average molecular weight is 354 g/mol. The van der Waals surface area contributed by atoms with Crippen LogP contribution in [0.15, 0.2) is 30.3 Å². The topological polar surface area (TPSA) is 68.7 Å². The Labute approximate surface area is 152 Å². The van der Waals surface area contributed by atoms with Gasteiger partial charge in [0.2, 0.25) is 5.88 Å². The SMILES string of the molecule is Cc1ccc2c(n1)Oc1ccc(CCC(=O)OCC(=O)N(C)C)cc1C2. The highest BCUT2D eigenvalue weighted by Gasteiger charge is 2.19. The van der Waals surface area contributed by atoms with E-state index in [1.54, 1.807) is 14.1 Å². The molecule has 1 aromatic heterocycles. The number of likely N-dealkylation sites (N-methyl/N-ethyl adjacent to an activating group) is 1. The van der Waals surface area contributed by atoms with E-state index in [4.69, 9.17) is 9.47 Å². The van der Waals surface area contributed by atoms with E-state index in [0.29, 0.717) is 12.3 Å². The number of carbonyl (C=O) groups excluding carboxylic acids is 2. The number of nitrogens with zero attached hydrogens (tertiary/aromatic N) is 2. The molecule has 6 nitrogen and oxygen atoms in total. The van der Waals surface area contributed by atoms with Gasteiger partial charge in [-0.3, -0.25) is 9.59 Å². The minimum atomic E-state index is -0.376. The number of fused-ring (bicyclic) bond motifs is 2. The lowest BCUT2D eigenvalue weighted by molar-refractivity contribution is -0.151. The fourth-order valence-corrected chi connectivity index (χ4v) is 2.71. The summed E-state index contributed by atoms with van der Waals surface area (Å²) in [5, 5.41) is 0. The van der Waals surface area contributed by atoms with Crippen molar-refractivity contribution in [3.8, 4) is 11.6 Å². The Morgan fingerprint density at radius 1 is 1.19 bits per heavy atom. The summed E-state index contributed by atoms with van der Waals surface area (Å²) in [5.74, 6) is 0.865. The molecule has 0 spiro atoms. The molecule has 0 bridgehead atoms. The Bertz CT molecular complexity index is 846. The van der Waals surface area contributed by atoms with E-state index in [1.165, 1.54) is 4.90 Å². The quantitative estimate of drug-likeness (QED) is 0.659. The molecular weight excluding hydrogens is 332 g/mol. The van der Waals surface area contributed by atoms with Crippen LogP contribution in [0.4, 0.5) is 0 Å². The summed E-state index contributed by atoms with van der Waals surface area (Å²) < 4.78 is 10.9. The highest BCUT2D eigenvalue weighted by molar-refractivity contribution is 5.80.